The van der Waals surface area contributed by atoms with E-state index < -0.39 is 0 Å². The summed E-state index contributed by atoms with van der Waals surface area (Å²) in [6.07, 6.45) is 5.93. The van der Waals surface area contributed by atoms with E-state index in [4.69, 9.17) is 0 Å². The third-order valence-electron chi connectivity index (χ3n) is 5.06. The molecular weight excluding hydrogens is 362 g/mol. The molecule has 0 radical (unpaired) electrons. The van der Waals surface area contributed by atoms with Gasteiger partial charge < -0.3 is 9.80 Å². The molecule has 0 saturated carbocycles. The van der Waals surface area contributed by atoms with Crippen LogP contribution in [0.5, 0.6) is 0 Å². The first-order valence-corrected chi connectivity index (χ1v) is 10.1. The molecule has 4 rings (SSSR count). The van der Waals surface area contributed by atoms with Gasteiger partial charge >= 0.3 is 0 Å². The van der Waals surface area contributed by atoms with Crippen molar-refractivity contribution in [2.45, 2.75) is 19.3 Å². The second-order valence-corrected chi connectivity index (χ2v) is 8.10. The smallest absolute Gasteiger partial charge is 0.282 e. The van der Waals surface area contributed by atoms with E-state index in [0.717, 1.165) is 50.3 Å². The molecule has 8 heteroatoms. The maximum Gasteiger partial charge on any atom is 0.282 e. The molecule has 2 amide bonds. The van der Waals surface area contributed by atoms with Crippen molar-refractivity contribution in [1.29, 1.82) is 0 Å². The summed E-state index contributed by atoms with van der Waals surface area (Å²) in [5.41, 5.74) is 0.543. The van der Waals surface area contributed by atoms with Crippen LogP contribution in [0.4, 0.5) is 5.82 Å². The minimum atomic E-state index is -0.107. The Bertz CT molecular complexity index is 838. The number of likely N-dealkylation sites (N-methyl/N-ethyl adjacent to an activating group) is 1. The highest BCUT2D eigenvalue weighted by molar-refractivity contribution is 7.14. The van der Waals surface area contributed by atoms with E-state index in [1.165, 1.54) is 11.3 Å². The first kappa shape index (κ1) is 18.1. The number of carbonyl (C=O) groups excluding carboxylic acids is 2. The lowest BCUT2D eigenvalue weighted by Crippen LogP contribution is -2.36. The number of anilines is 1. The molecule has 7 nitrogen and oxygen atoms in total. The number of hydrogen-bond donors (Lipinski definition) is 0. The van der Waals surface area contributed by atoms with Gasteiger partial charge in [0.25, 0.3) is 11.8 Å². The number of nitrogens with zero attached hydrogens (tertiary/aromatic N) is 5. The second kappa shape index (κ2) is 7.74. The van der Waals surface area contributed by atoms with Gasteiger partial charge in [0.15, 0.2) is 10.8 Å². The highest BCUT2D eigenvalue weighted by Gasteiger charge is 2.30. The van der Waals surface area contributed by atoms with Crippen molar-refractivity contribution in [3.8, 4) is 0 Å². The first-order chi connectivity index (χ1) is 13.1. The Hall–Kier alpha value is -2.32. The molecule has 2 aliphatic heterocycles. The zero-order chi connectivity index (χ0) is 18.8. The van der Waals surface area contributed by atoms with Crippen molar-refractivity contribution in [2.24, 2.45) is 0 Å². The molecule has 27 heavy (non-hydrogen) atoms. The van der Waals surface area contributed by atoms with Gasteiger partial charge in [0.2, 0.25) is 0 Å². The van der Waals surface area contributed by atoms with Crippen molar-refractivity contribution >= 4 is 29.0 Å². The van der Waals surface area contributed by atoms with Gasteiger partial charge in [0.05, 0.1) is 5.56 Å². The second-order valence-electron chi connectivity index (χ2n) is 7.02. The Morgan fingerprint density at radius 2 is 1.96 bits per heavy atom. The Morgan fingerprint density at radius 3 is 2.78 bits per heavy atom. The van der Waals surface area contributed by atoms with E-state index in [2.05, 4.69) is 21.9 Å². The predicted molar refractivity (Wildman–Crippen MR) is 104 cm³/mol. The largest absolute Gasteiger partial charge is 0.335 e. The monoisotopic (exact) mass is 385 g/mol. The minimum absolute atomic E-state index is 0.0153. The highest BCUT2D eigenvalue weighted by Crippen LogP contribution is 2.33. The van der Waals surface area contributed by atoms with Crippen molar-refractivity contribution < 1.29 is 9.59 Å². The number of thiazole rings is 1. The summed E-state index contributed by atoms with van der Waals surface area (Å²) in [6, 6.07) is 3.51. The summed E-state index contributed by atoms with van der Waals surface area (Å²) in [4.78, 5) is 41.3. The fourth-order valence-corrected chi connectivity index (χ4v) is 4.62. The van der Waals surface area contributed by atoms with Crippen LogP contribution in [0.3, 0.4) is 0 Å². The summed E-state index contributed by atoms with van der Waals surface area (Å²) in [6.45, 7) is 3.98. The van der Waals surface area contributed by atoms with Crippen LogP contribution in [0.1, 0.15) is 37.9 Å². The average molecular weight is 385 g/mol. The Labute approximate surface area is 162 Å². The molecule has 0 unspecified atom stereocenters. The topological polar surface area (TPSA) is 69.6 Å². The SMILES string of the molecule is CN1CCCN(C(=O)c2nc3c(s2)CCCN3C(=O)c2cccnc2)CC1. The van der Waals surface area contributed by atoms with Gasteiger partial charge in [-0.2, -0.15) is 0 Å². The molecule has 0 atom stereocenters. The molecule has 2 aromatic rings. The number of hydrogen-bond acceptors (Lipinski definition) is 6. The van der Waals surface area contributed by atoms with E-state index in [0.29, 0.717) is 22.9 Å². The van der Waals surface area contributed by atoms with Crippen LogP contribution in [-0.4, -0.2) is 71.4 Å². The third-order valence-corrected chi connectivity index (χ3v) is 6.15. The molecule has 0 aromatic carbocycles. The van der Waals surface area contributed by atoms with E-state index >= 15 is 0 Å². The summed E-state index contributed by atoms with van der Waals surface area (Å²) < 4.78 is 0. The van der Waals surface area contributed by atoms with Gasteiger partial charge in [-0.05, 0) is 45.0 Å². The molecule has 142 valence electrons. The van der Waals surface area contributed by atoms with Gasteiger partial charge in [-0.15, -0.1) is 11.3 Å². The standard InChI is InChI=1S/C19H23N5O2S/c1-22-8-4-9-23(12-11-22)19(26)17-21-16-15(27-17)6-3-10-24(16)18(25)14-5-2-7-20-13-14/h2,5,7,13H,3-4,6,8-12H2,1H3. The molecule has 4 heterocycles. The number of amides is 2. The lowest BCUT2D eigenvalue weighted by molar-refractivity contribution is 0.0762. The molecular formula is C19H23N5O2S. The molecule has 0 aliphatic carbocycles. The van der Waals surface area contributed by atoms with Crippen LogP contribution in [0.2, 0.25) is 0 Å². The zero-order valence-corrected chi connectivity index (χ0v) is 16.2. The molecule has 0 spiro atoms. The number of aromatic nitrogens is 2. The molecule has 1 fully saturated rings. The van der Waals surface area contributed by atoms with Crippen molar-refractivity contribution in [1.82, 2.24) is 19.8 Å². The van der Waals surface area contributed by atoms with Gasteiger partial charge in [-0.1, -0.05) is 0 Å². The zero-order valence-electron chi connectivity index (χ0n) is 15.4. The fraction of sp³-hybridized carbons (Fsp3) is 0.474. The lowest BCUT2D eigenvalue weighted by atomic mass is 10.1. The van der Waals surface area contributed by atoms with Gasteiger partial charge in [-0.3, -0.25) is 19.5 Å². The third kappa shape index (κ3) is 3.72. The summed E-state index contributed by atoms with van der Waals surface area (Å²) in [5.74, 6) is 0.526. The Balaban J connectivity index is 1.57. The Morgan fingerprint density at radius 1 is 1.07 bits per heavy atom. The van der Waals surface area contributed by atoms with E-state index in [1.807, 2.05) is 4.90 Å². The van der Waals surface area contributed by atoms with Gasteiger partial charge in [-0.25, -0.2) is 4.98 Å². The van der Waals surface area contributed by atoms with Crippen LogP contribution in [0.25, 0.3) is 0 Å². The number of pyridine rings is 1. The van der Waals surface area contributed by atoms with Crippen LogP contribution in [-0.2, 0) is 6.42 Å². The number of carbonyl (C=O) groups is 2. The average Bonchev–Trinajstić information content (AvgIpc) is 3.03. The van der Waals surface area contributed by atoms with Crippen LogP contribution in [0, 0.1) is 0 Å². The predicted octanol–water partition coefficient (Wildman–Crippen LogP) is 1.91. The van der Waals surface area contributed by atoms with Gasteiger partial charge in [0.1, 0.15) is 0 Å². The number of fused-ring (bicyclic) bond motifs is 1. The first-order valence-electron chi connectivity index (χ1n) is 9.33. The fourth-order valence-electron chi connectivity index (χ4n) is 3.54. The Kier molecular flexibility index (Phi) is 5.18. The van der Waals surface area contributed by atoms with E-state index in [-0.39, 0.29) is 11.8 Å². The van der Waals surface area contributed by atoms with E-state index in [1.54, 1.807) is 29.4 Å². The maximum atomic E-state index is 13.0. The number of aryl methyl sites for hydroxylation is 1. The molecule has 1 saturated heterocycles. The van der Waals surface area contributed by atoms with Crippen LogP contribution >= 0.6 is 11.3 Å². The van der Waals surface area contributed by atoms with Crippen LogP contribution in [0.15, 0.2) is 24.5 Å². The molecule has 2 aromatic heterocycles. The van der Waals surface area contributed by atoms with Crippen molar-refractivity contribution in [3.63, 3.8) is 0 Å². The summed E-state index contributed by atoms with van der Waals surface area (Å²) in [7, 11) is 2.08. The number of rotatable bonds is 2. The van der Waals surface area contributed by atoms with E-state index in [9.17, 15) is 9.59 Å². The van der Waals surface area contributed by atoms with Crippen LogP contribution < -0.4 is 4.90 Å². The molecule has 2 aliphatic rings. The summed E-state index contributed by atoms with van der Waals surface area (Å²) in [5, 5.41) is 0.496. The minimum Gasteiger partial charge on any atom is -0.335 e. The molecule has 0 N–H and O–H groups in total. The lowest BCUT2D eigenvalue weighted by Gasteiger charge is -2.25. The quantitative estimate of drug-likeness (QED) is 0.790. The van der Waals surface area contributed by atoms with Crippen molar-refractivity contribution in [2.75, 3.05) is 44.7 Å². The van der Waals surface area contributed by atoms with Crippen molar-refractivity contribution in [3.05, 3.63) is 40.0 Å². The summed E-state index contributed by atoms with van der Waals surface area (Å²) >= 11 is 1.44. The normalized spacial score (nSPS) is 18.1. The maximum absolute atomic E-state index is 13.0. The van der Waals surface area contributed by atoms with Gasteiger partial charge in [0, 0.05) is 43.4 Å². The highest BCUT2D eigenvalue weighted by atomic mass is 32.1. The molecule has 0 bridgehead atoms.